The predicted molar refractivity (Wildman–Crippen MR) is 96.9 cm³/mol. The molecular formula is C19H15N3OS. The van der Waals surface area contributed by atoms with E-state index in [4.69, 9.17) is 0 Å². The van der Waals surface area contributed by atoms with Crippen LogP contribution in [0.25, 0.3) is 6.08 Å². The molecule has 0 bridgehead atoms. The van der Waals surface area contributed by atoms with Gasteiger partial charge in [-0.1, -0.05) is 23.9 Å². The molecule has 0 saturated carbocycles. The first kappa shape index (κ1) is 14.8. The number of nitrogens with zero attached hydrogens (tertiary/aromatic N) is 2. The second-order valence-electron chi connectivity index (χ2n) is 5.58. The van der Waals surface area contributed by atoms with E-state index in [0.717, 1.165) is 21.8 Å². The Kier molecular flexibility index (Phi) is 3.70. The van der Waals surface area contributed by atoms with Crippen molar-refractivity contribution in [2.75, 3.05) is 5.32 Å². The molecule has 2 heterocycles. The maximum absolute atomic E-state index is 12.4. The van der Waals surface area contributed by atoms with E-state index in [9.17, 15) is 4.79 Å². The molecule has 0 spiro atoms. The first-order valence-corrected chi connectivity index (χ1v) is 8.40. The fourth-order valence-corrected chi connectivity index (χ4v) is 3.56. The number of allylic oxidation sites excluding steroid dienone is 1. The molecule has 0 aliphatic carbocycles. The lowest BCUT2D eigenvalue weighted by molar-refractivity contribution is 0.104. The lowest BCUT2D eigenvalue weighted by Gasteiger charge is -2.20. The smallest absolute Gasteiger partial charge is 0.185 e. The largest absolute Gasteiger partial charge is 0.354 e. The van der Waals surface area contributed by atoms with Gasteiger partial charge in [-0.25, -0.2) is 0 Å². The van der Waals surface area contributed by atoms with Crippen molar-refractivity contribution in [2.45, 2.75) is 9.79 Å². The van der Waals surface area contributed by atoms with Crippen LogP contribution in [0.5, 0.6) is 0 Å². The van der Waals surface area contributed by atoms with Gasteiger partial charge in [-0.15, -0.1) is 0 Å². The van der Waals surface area contributed by atoms with Crippen molar-refractivity contribution in [3.05, 3.63) is 72.1 Å². The van der Waals surface area contributed by atoms with E-state index >= 15 is 0 Å². The Balaban J connectivity index is 1.58. The van der Waals surface area contributed by atoms with Crippen molar-refractivity contribution in [1.82, 2.24) is 9.78 Å². The molecule has 5 heteroatoms. The van der Waals surface area contributed by atoms with Gasteiger partial charge in [0.05, 0.1) is 17.6 Å². The number of nitrogens with one attached hydrogen (secondary N) is 1. The zero-order chi connectivity index (χ0) is 16.5. The van der Waals surface area contributed by atoms with Gasteiger partial charge in [0.2, 0.25) is 0 Å². The van der Waals surface area contributed by atoms with Gasteiger partial charge in [0.1, 0.15) is 0 Å². The Morgan fingerprint density at radius 1 is 1.17 bits per heavy atom. The van der Waals surface area contributed by atoms with E-state index in [0.29, 0.717) is 5.56 Å². The van der Waals surface area contributed by atoms with Crippen molar-refractivity contribution in [2.24, 2.45) is 7.05 Å². The molecule has 3 aromatic rings. The number of aromatic nitrogens is 2. The normalized spacial score (nSPS) is 12.5. The van der Waals surface area contributed by atoms with Crippen LogP contribution in [0.4, 0.5) is 11.4 Å². The highest BCUT2D eigenvalue weighted by Gasteiger charge is 2.16. The molecular weight excluding hydrogens is 318 g/mol. The fraction of sp³-hybridized carbons (Fsp3) is 0.0526. The van der Waals surface area contributed by atoms with Crippen LogP contribution in [-0.2, 0) is 7.05 Å². The van der Waals surface area contributed by atoms with Crippen LogP contribution in [0.15, 0.2) is 70.7 Å². The Bertz CT molecular complexity index is 959. The summed E-state index contributed by atoms with van der Waals surface area (Å²) in [5.41, 5.74) is 3.62. The highest BCUT2D eigenvalue weighted by Crippen LogP contribution is 2.44. The Labute approximate surface area is 144 Å². The summed E-state index contributed by atoms with van der Waals surface area (Å²) in [7, 11) is 1.85. The molecule has 0 amide bonds. The molecule has 0 unspecified atom stereocenters. The van der Waals surface area contributed by atoms with Gasteiger partial charge in [-0.2, -0.15) is 5.10 Å². The van der Waals surface area contributed by atoms with E-state index in [1.807, 2.05) is 49.6 Å². The van der Waals surface area contributed by atoms with Crippen molar-refractivity contribution >= 4 is 35.0 Å². The first-order valence-electron chi connectivity index (χ1n) is 7.58. The molecule has 1 N–H and O–H groups in total. The third-order valence-corrected chi connectivity index (χ3v) is 4.94. The predicted octanol–water partition coefficient (Wildman–Crippen LogP) is 4.52. The molecule has 1 aliphatic heterocycles. The second kappa shape index (κ2) is 6.02. The van der Waals surface area contributed by atoms with Gasteiger partial charge in [-0.3, -0.25) is 9.48 Å². The average Bonchev–Trinajstić information content (AvgIpc) is 3.02. The molecule has 4 rings (SSSR count). The van der Waals surface area contributed by atoms with Gasteiger partial charge in [0.25, 0.3) is 0 Å². The number of carbonyl (C=O) groups is 1. The molecule has 1 aliphatic rings. The van der Waals surface area contributed by atoms with Crippen molar-refractivity contribution in [1.29, 1.82) is 0 Å². The van der Waals surface area contributed by atoms with Crippen LogP contribution in [-0.4, -0.2) is 15.6 Å². The lowest BCUT2D eigenvalue weighted by Crippen LogP contribution is -2.02. The monoisotopic (exact) mass is 333 g/mol. The zero-order valence-electron chi connectivity index (χ0n) is 13.1. The van der Waals surface area contributed by atoms with Gasteiger partial charge in [0, 0.05) is 34.2 Å². The molecule has 24 heavy (non-hydrogen) atoms. The topological polar surface area (TPSA) is 46.9 Å². The summed E-state index contributed by atoms with van der Waals surface area (Å²) in [4.78, 5) is 14.7. The maximum Gasteiger partial charge on any atom is 0.185 e. The van der Waals surface area contributed by atoms with Crippen molar-refractivity contribution in [3.8, 4) is 0 Å². The number of rotatable bonds is 3. The number of hydrogen-bond donors (Lipinski definition) is 1. The van der Waals surface area contributed by atoms with E-state index in [1.54, 1.807) is 34.8 Å². The third kappa shape index (κ3) is 2.86. The molecule has 118 valence electrons. The molecule has 2 aromatic carbocycles. The van der Waals surface area contributed by atoms with E-state index in [-0.39, 0.29) is 5.78 Å². The minimum absolute atomic E-state index is 0.0210. The average molecular weight is 333 g/mol. The third-order valence-electron chi connectivity index (χ3n) is 3.79. The fourth-order valence-electron chi connectivity index (χ4n) is 2.59. The number of benzene rings is 2. The van der Waals surface area contributed by atoms with Crippen molar-refractivity contribution < 1.29 is 4.79 Å². The molecule has 0 saturated heterocycles. The summed E-state index contributed by atoms with van der Waals surface area (Å²) in [6.07, 6.45) is 6.96. The minimum atomic E-state index is -0.0210. The molecule has 0 fully saturated rings. The number of hydrogen-bond acceptors (Lipinski definition) is 4. The number of ketones is 1. The van der Waals surface area contributed by atoms with Gasteiger partial charge in [-0.05, 0) is 42.5 Å². The van der Waals surface area contributed by atoms with Crippen LogP contribution in [0.2, 0.25) is 0 Å². The second-order valence-corrected chi connectivity index (χ2v) is 6.66. The van der Waals surface area contributed by atoms with Gasteiger partial charge >= 0.3 is 0 Å². The number of para-hydroxylation sites is 1. The van der Waals surface area contributed by atoms with Crippen LogP contribution < -0.4 is 5.32 Å². The SMILES string of the molecule is Cn1cc(/C=C/C(=O)c2ccc3c(c2)Nc2ccccc2S3)cn1. The maximum atomic E-state index is 12.4. The van der Waals surface area contributed by atoms with E-state index in [2.05, 4.69) is 16.5 Å². The molecule has 4 nitrogen and oxygen atoms in total. The Morgan fingerprint density at radius 2 is 2.00 bits per heavy atom. The van der Waals surface area contributed by atoms with Crippen LogP contribution in [0.1, 0.15) is 15.9 Å². The summed E-state index contributed by atoms with van der Waals surface area (Å²) >= 11 is 1.71. The standard InChI is InChI=1S/C19H15N3OS/c1-22-12-13(11-20-22)6-8-17(23)14-7-9-19-16(10-14)21-15-4-2-3-5-18(15)24-19/h2-12,21H,1H3/b8-6+. The van der Waals surface area contributed by atoms with Gasteiger partial charge in [0.15, 0.2) is 5.78 Å². The quantitative estimate of drug-likeness (QED) is 0.442. The molecule has 1 aromatic heterocycles. The number of carbonyl (C=O) groups excluding carboxylic acids is 1. The summed E-state index contributed by atoms with van der Waals surface area (Å²) in [5.74, 6) is -0.0210. The molecule has 0 atom stereocenters. The van der Waals surface area contributed by atoms with Crippen molar-refractivity contribution in [3.63, 3.8) is 0 Å². The summed E-state index contributed by atoms with van der Waals surface area (Å²) in [6.45, 7) is 0. The number of aryl methyl sites for hydroxylation is 1. The minimum Gasteiger partial charge on any atom is -0.354 e. The van der Waals surface area contributed by atoms with Crippen LogP contribution in [0, 0.1) is 0 Å². The molecule has 0 radical (unpaired) electrons. The van der Waals surface area contributed by atoms with Crippen LogP contribution >= 0.6 is 11.8 Å². The van der Waals surface area contributed by atoms with E-state index in [1.165, 1.54) is 4.90 Å². The van der Waals surface area contributed by atoms with Gasteiger partial charge < -0.3 is 5.32 Å². The summed E-state index contributed by atoms with van der Waals surface area (Å²) in [5, 5.41) is 7.49. The Hall–Kier alpha value is -2.79. The number of fused-ring (bicyclic) bond motifs is 2. The first-order chi connectivity index (χ1) is 11.7. The Morgan fingerprint density at radius 3 is 2.83 bits per heavy atom. The van der Waals surface area contributed by atoms with Crippen LogP contribution in [0.3, 0.4) is 0 Å². The zero-order valence-corrected chi connectivity index (χ0v) is 13.9. The summed E-state index contributed by atoms with van der Waals surface area (Å²) < 4.78 is 1.71. The van der Waals surface area contributed by atoms with E-state index < -0.39 is 0 Å². The lowest BCUT2D eigenvalue weighted by atomic mass is 10.1. The number of anilines is 2. The highest BCUT2D eigenvalue weighted by atomic mass is 32.2. The summed E-state index contributed by atoms with van der Waals surface area (Å²) in [6, 6.07) is 13.9. The highest BCUT2D eigenvalue weighted by molar-refractivity contribution is 7.99.